The number of fused-ring (bicyclic) bond motifs is 1. The number of nitrogens with one attached hydrogen (secondary N) is 2. The molecular weight excluding hydrogens is 356 g/mol. The van der Waals surface area contributed by atoms with E-state index in [2.05, 4.69) is 28.6 Å². The Morgan fingerprint density at radius 2 is 1.96 bits per heavy atom. The fourth-order valence-electron chi connectivity index (χ4n) is 3.05. The highest BCUT2D eigenvalue weighted by Crippen LogP contribution is 2.27. The molecule has 0 spiro atoms. The van der Waals surface area contributed by atoms with E-state index in [1.54, 1.807) is 0 Å². The van der Waals surface area contributed by atoms with Crippen molar-refractivity contribution >= 4 is 22.8 Å². The monoisotopic (exact) mass is 382 g/mol. The number of carbonyl (C=O) groups excluding carboxylic acids is 1. The molecule has 3 rings (SSSR count). The zero-order valence-electron chi connectivity index (χ0n) is 16.7. The molecule has 2 N–H and O–H groups in total. The molecular formula is C20H26N6O2. The van der Waals surface area contributed by atoms with Crippen LogP contribution in [0.25, 0.3) is 16.7 Å². The van der Waals surface area contributed by atoms with Gasteiger partial charge in [0.2, 0.25) is 5.91 Å². The van der Waals surface area contributed by atoms with E-state index in [1.807, 2.05) is 36.7 Å². The summed E-state index contributed by atoms with van der Waals surface area (Å²) in [7, 11) is 1.50. The first kappa shape index (κ1) is 19.8. The maximum absolute atomic E-state index is 11.5. The Balaban J connectivity index is 1.93. The number of aromatic nitrogens is 4. The number of rotatable bonds is 8. The summed E-state index contributed by atoms with van der Waals surface area (Å²) < 4.78 is 6.69. The van der Waals surface area contributed by atoms with Crippen LogP contribution in [-0.4, -0.2) is 52.5 Å². The number of nitrogens with zero attached hydrogens (tertiary/aromatic N) is 4. The number of ether oxygens (including phenoxy) is 1. The standard InChI is InChI=1S/C20H26N6O2/c1-5-16-23-19(22-11-10-21-17(27)12-28-4)18-14(3)25-26(20(18)24-16)15-9-7-6-8-13(15)2/h6-9H,5,10-12H2,1-4H3,(H,21,27)(H,22,23,24). The van der Waals surface area contributed by atoms with E-state index in [-0.39, 0.29) is 12.5 Å². The molecule has 8 nitrogen and oxygen atoms in total. The fraction of sp³-hybridized carbons (Fsp3) is 0.400. The average Bonchev–Trinajstić information content (AvgIpc) is 3.02. The summed E-state index contributed by atoms with van der Waals surface area (Å²) in [5.74, 6) is 1.34. The molecule has 0 aliphatic carbocycles. The lowest BCUT2D eigenvalue weighted by atomic mass is 10.2. The molecule has 1 amide bonds. The van der Waals surface area contributed by atoms with E-state index < -0.39 is 0 Å². The first-order chi connectivity index (χ1) is 13.5. The smallest absolute Gasteiger partial charge is 0.246 e. The minimum atomic E-state index is -0.144. The second-order valence-electron chi connectivity index (χ2n) is 6.53. The van der Waals surface area contributed by atoms with Gasteiger partial charge in [0.1, 0.15) is 18.2 Å². The van der Waals surface area contributed by atoms with Crippen molar-refractivity contribution in [2.75, 3.05) is 32.1 Å². The minimum Gasteiger partial charge on any atom is -0.375 e. The third-order valence-corrected chi connectivity index (χ3v) is 4.42. The van der Waals surface area contributed by atoms with Crippen LogP contribution in [0.15, 0.2) is 24.3 Å². The summed E-state index contributed by atoms with van der Waals surface area (Å²) in [6.07, 6.45) is 0.715. The number of methoxy groups -OCH3 is 1. The van der Waals surface area contributed by atoms with E-state index in [0.29, 0.717) is 19.5 Å². The zero-order chi connectivity index (χ0) is 20.1. The predicted molar refractivity (Wildman–Crippen MR) is 109 cm³/mol. The number of hydrogen-bond donors (Lipinski definition) is 2. The predicted octanol–water partition coefficient (Wildman–Crippen LogP) is 2.17. The number of carbonyl (C=O) groups is 1. The Morgan fingerprint density at radius 3 is 2.68 bits per heavy atom. The van der Waals surface area contributed by atoms with Gasteiger partial charge in [0.15, 0.2) is 5.65 Å². The molecule has 2 aromatic heterocycles. The summed E-state index contributed by atoms with van der Waals surface area (Å²) in [6, 6.07) is 8.10. The highest BCUT2D eigenvalue weighted by atomic mass is 16.5. The summed E-state index contributed by atoms with van der Waals surface area (Å²) in [5.41, 5.74) is 3.76. The van der Waals surface area contributed by atoms with E-state index in [4.69, 9.17) is 14.8 Å². The van der Waals surface area contributed by atoms with Crippen LogP contribution in [0.4, 0.5) is 5.82 Å². The number of para-hydroxylation sites is 1. The van der Waals surface area contributed by atoms with Crippen molar-refractivity contribution in [2.45, 2.75) is 27.2 Å². The van der Waals surface area contributed by atoms with Gasteiger partial charge in [0.05, 0.1) is 16.8 Å². The summed E-state index contributed by atoms with van der Waals surface area (Å²) in [6.45, 7) is 7.11. The van der Waals surface area contributed by atoms with E-state index in [0.717, 1.165) is 39.6 Å². The SMILES string of the molecule is CCc1nc(NCCNC(=O)COC)c2c(C)nn(-c3ccccc3C)c2n1. The topological polar surface area (TPSA) is 94.0 Å². The molecule has 3 aromatic rings. The molecule has 0 saturated heterocycles. The summed E-state index contributed by atoms with van der Waals surface area (Å²) in [5, 5.41) is 11.7. The molecule has 0 aliphatic heterocycles. The largest absolute Gasteiger partial charge is 0.375 e. The van der Waals surface area contributed by atoms with Gasteiger partial charge in [0.25, 0.3) is 0 Å². The van der Waals surface area contributed by atoms with Gasteiger partial charge in [-0.05, 0) is 25.5 Å². The molecule has 0 fully saturated rings. The molecule has 2 heterocycles. The van der Waals surface area contributed by atoms with Crippen molar-refractivity contribution in [1.29, 1.82) is 0 Å². The number of amides is 1. The Morgan fingerprint density at radius 1 is 1.18 bits per heavy atom. The number of hydrogen-bond acceptors (Lipinski definition) is 6. The minimum absolute atomic E-state index is 0.0556. The van der Waals surface area contributed by atoms with Crippen LogP contribution in [0, 0.1) is 13.8 Å². The normalized spacial score (nSPS) is 11.0. The Labute approximate surface area is 164 Å². The number of benzene rings is 1. The quantitative estimate of drug-likeness (QED) is 0.580. The second kappa shape index (κ2) is 8.79. The molecule has 28 heavy (non-hydrogen) atoms. The second-order valence-corrected chi connectivity index (χ2v) is 6.53. The first-order valence-electron chi connectivity index (χ1n) is 9.36. The van der Waals surface area contributed by atoms with Crippen LogP contribution in [-0.2, 0) is 16.0 Å². The highest BCUT2D eigenvalue weighted by Gasteiger charge is 2.17. The number of aryl methyl sites for hydroxylation is 3. The molecule has 0 unspecified atom stereocenters. The lowest BCUT2D eigenvalue weighted by Gasteiger charge is -2.11. The van der Waals surface area contributed by atoms with Gasteiger partial charge in [-0.15, -0.1) is 0 Å². The van der Waals surface area contributed by atoms with Crippen LogP contribution in [0.5, 0.6) is 0 Å². The van der Waals surface area contributed by atoms with Crippen LogP contribution in [0.1, 0.15) is 24.0 Å². The van der Waals surface area contributed by atoms with Crippen molar-refractivity contribution in [3.63, 3.8) is 0 Å². The molecule has 0 aliphatic rings. The van der Waals surface area contributed by atoms with Crippen LogP contribution in [0.3, 0.4) is 0 Å². The highest BCUT2D eigenvalue weighted by molar-refractivity contribution is 5.90. The van der Waals surface area contributed by atoms with Gasteiger partial charge >= 0.3 is 0 Å². The third kappa shape index (κ3) is 4.12. The first-order valence-corrected chi connectivity index (χ1v) is 9.36. The molecule has 0 radical (unpaired) electrons. The van der Waals surface area contributed by atoms with Crippen LogP contribution in [0.2, 0.25) is 0 Å². The van der Waals surface area contributed by atoms with Gasteiger partial charge in [-0.25, -0.2) is 14.6 Å². The fourth-order valence-corrected chi connectivity index (χ4v) is 3.05. The van der Waals surface area contributed by atoms with Crippen molar-refractivity contribution < 1.29 is 9.53 Å². The summed E-state index contributed by atoms with van der Waals surface area (Å²) >= 11 is 0. The lowest BCUT2D eigenvalue weighted by molar-refractivity contribution is -0.124. The van der Waals surface area contributed by atoms with Gasteiger partial charge in [-0.3, -0.25) is 4.79 Å². The van der Waals surface area contributed by atoms with Crippen molar-refractivity contribution in [1.82, 2.24) is 25.1 Å². The maximum Gasteiger partial charge on any atom is 0.246 e. The molecule has 148 valence electrons. The van der Waals surface area contributed by atoms with Crippen LogP contribution < -0.4 is 10.6 Å². The third-order valence-electron chi connectivity index (χ3n) is 4.42. The van der Waals surface area contributed by atoms with E-state index in [1.165, 1.54) is 7.11 Å². The van der Waals surface area contributed by atoms with Gasteiger partial charge in [-0.2, -0.15) is 5.10 Å². The Hall–Kier alpha value is -3.00. The van der Waals surface area contributed by atoms with Crippen molar-refractivity contribution in [3.8, 4) is 5.69 Å². The molecule has 0 atom stereocenters. The average molecular weight is 382 g/mol. The van der Waals surface area contributed by atoms with Crippen LogP contribution >= 0.6 is 0 Å². The Bertz CT molecular complexity index is 982. The molecule has 1 aromatic carbocycles. The van der Waals surface area contributed by atoms with Crippen molar-refractivity contribution in [2.24, 2.45) is 0 Å². The van der Waals surface area contributed by atoms with Gasteiger partial charge in [0, 0.05) is 26.6 Å². The van der Waals surface area contributed by atoms with Crippen molar-refractivity contribution in [3.05, 3.63) is 41.3 Å². The Kier molecular flexibility index (Phi) is 6.20. The lowest BCUT2D eigenvalue weighted by Crippen LogP contribution is -2.31. The summed E-state index contributed by atoms with van der Waals surface area (Å²) in [4.78, 5) is 20.9. The zero-order valence-corrected chi connectivity index (χ0v) is 16.7. The van der Waals surface area contributed by atoms with E-state index >= 15 is 0 Å². The van der Waals surface area contributed by atoms with E-state index in [9.17, 15) is 4.79 Å². The number of anilines is 1. The molecule has 0 bridgehead atoms. The molecule has 0 saturated carbocycles. The van der Waals surface area contributed by atoms with Gasteiger partial charge < -0.3 is 15.4 Å². The maximum atomic E-state index is 11.5. The molecule has 8 heteroatoms. The van der Waals surface area contributed by atoms with Gasteiger partial charge in [-0.1, -0.05) is 25.1 Å².